The Bertz CT molecular complexity index is 623. The lowest BCUT2D eigenvalue weighted by Crippen LogP contribution is -2.45. The molecular weight excluding hydrogens is 307 g/mol. The van der Waals surface area contributed by atoms with Crippen molar-refractivity contribution in [2.24, 2.45) is 11.3 Å². The molecule has 1 aromatic carbocycles. The van der Waals surface area contributed by atoms with Gasteiger partial charge in [0.1, 0.15) is 11.6 Å². The Balaban J connectivity index is 1.75. The van der Waals surface area contributed by atoms with Crippen LogP contribution >= 0.6 is 0 Å². The van der Waals surface area contributed by atoms with E-state index in [1.54, 1.807) is 19.1 Å². The smallest absolute Gasteiger partial charge is 0.219 e. The quantitative estimate of drug-likeness (QED) is 0.924. The number of likely N-dealkylation sites (tertiary alicyclic amines) is 1. The Hall–Kier alpha value is -1.75. The molecule has 0 saturated carbocycles. The lowest BCUT2D eigenvalue weighted by molar-refractivity contribution is -0.137. The van der Waals surface area contributed by atoms with Gasteiger partial charge < -0.3 is 10.2 Å². The van der Waals surface area contributed by atoms with E-state index in [1.807, 2.05) is 11.8 Å². The zero-order valence-corrected chi connectivity index (χ0v) is 14.3. The number of hydrogen-bond donors (Lipinski definition) is 1. The van der Waals surface area contributed by atoms with Crippen molar-refractivity contribution >= 4 is 11.7 Å². The van der Waals surface area contributed by atoms with Crippen LogP contribution < -0.4 is 5.32 Å². The van der Waals surface area contributed by atoms with Crippen LogP contribution in [0.2, 0.25) is 0 Å². The summed E-state index contributed by atoms with van der Waals surface area (Å²) in [7, 11) is 0. The normalized spacial score (nSPS) is 28.1. The molecule has 0 aromatic heterocycles. The van der Waals surface area contributed by atoms with Crippen molar-refractivity contribution in [2.75, 3.05) is 26.2 Å². The van der Waals surface area contributed by atoms with Crippen molar-refractivity contribution in [3.8, 4) is 0 Å². The van der Waals surface area contributed by atoms with Crippen LogP contribution in [0.1, 0.15) is 38.2 Å². The van der Waals surface area contributed by atoms with E-state index in [2.05, 4.69) is 5.32 Å². The predicted molar refractivity (Wildman–Crippen MR) is 90.1 cm³/mol. The van der Waals surface area contributed by atoms with Crippen molar-refractivity contribution in [3.05, 3.63) is 35.6 Å². The minimum absolute atomic E-state index is 0.00782. The molecule has 2 atom stereocenters. The molecule has 4 nitrogen and oxygen atoms in total. The monoisotopic (exact) mass is 332 g/mol. The molecule has 5 heteroatoms. The third-order valence-electron chi connectivity index (χ3n) is 5.76. The van der Waals surface area contributed by atoms with Crippen molar-refractivity contribution in [1.82, 2.24) is 10.2 Å². The Kier molecular flexibility index (Phi) is 4.72. The second-order valence-corrected chi connectivity index (χ2v) is 7.30. The molecular formula is C19H25FN2O2. The minimum Gasteiger partial charge on any atom is -0.343 e. The van der Waals surface area contributed by atoms with E-state index in [0.717, 1.165) is 24.9 Å². The standard InChI is InChI=1S/C19H25FN2O2/c1-13(23)22-9-7-15(8-10-22)18(24)19(2)12-21-11-17(19)14-3-5-16(20)6-4-14/h3-6,15,17,21H,7-12H2,1-2H3/t17-,19-/m1/s1. The fourth-order valence-electron chi connectivity index (χ4n) is 4.19. The Morgan fingerprint density at radius 1 is 1.21 bits per heavy atom. The molecule has 2 aliphatic heterocycles. The van der Waals surface area contributed by atoms with Gasteiger partial charge in [0.15, 0.2) is 0 Å². The van der Waals surface area contributed by atoms with Crippen LogP contribution in [0.25, 0.3) is 0 Å². The maximum atomic E-state index is 13.2. The number of amides is 1. The average Bonchev–Trinajstić information content (AvgIpc) is 2.98. The number of ketones is 1. The van der Waals surface area contributed by atoms with E-state index >= 15 is 0 Å². The van der Waals surface area contributed by atoms with Gasteiger partial charge in [-0.3, -0.25) is 9.59 Å². The molecule has 1 N–H and O–H groups in total. The van der Waals surface area contributed by atoms with Crippen molar-refractivity contribution in [1.29, 1.82) is 0 Å². The summed E-state index contributed by atoms with van der Waals surface area (Å²) in [5.74, 6) is 0.183. The molecule has 0 radical (unpaired) electrons. The van der Waals surface area contributed by atoms with Gasteiger partial charge in [-0.25, -0.2) is 4.39 Å². The molecule has 130 valence electrons. The van der Waals surface area contributed by atoms with Gasteiger partial charge in [0.05, 0.1) is 0 Å². The number of Topliss-reactive ketones (excluding diaryl/α,β-unsaturated/α-hetero) is 1. The van der Waals surface area contributed by atoms with Gasteiger partial charge in [-0.15, -0.1) is 0 Å². The van der Waals surface area contributed by atoms with Gasteiger partial charge in [0.25, 0.3) is 0 Å². The first kappa shape index (κ1) is 17.1. The van der Waals surface area contributed by atoms with Crippen LogP contribution in [0.5, 0.6) is 0 Å². The highest BCUT2D eigenvalue weighted by Crippen LogP contribution is 2.43. The first-order chi connectivity index (χ1) is 11.4. The molecule has 2 fully saturated rings. The molecule has 24 heavy (non-hydrogen) atoms. The lowest BCUT2D eigenvalue weighted by atomic mass is 9.68. The van der Waals surface area contributed by atoms with Crippen LogP contribution in [-0.2, 0) is 9.59 Å². The second kappa shape index (κ2) is 6.63. The first-order valence-corrected chi connectivity index (χ1v) is 8.68. The highest BCUT2D eigenvalue weighted by Gasteiger charge is 2.48. The molecule has 3 rings (SSSR count). The van der Waals surface area contributed by atoms with E-state index in [4.69, 9.17) is 0 Å². The Morgan fingerprint density at radius 2 is 1.83 bits per heavy atom. The van der Waals surface area contributed by atoms with Crippen molar-refractivity contribution in [2.45, 2.75) is 32.6 Å². The largest absolute Gasteiger partial charge is 0.343 e. The fraction of sp³-hybridized carbons (Fsp3) is 0.579. The topological polar surface area (TPSA) is 49.4 Å². The molecule has 2 saturated heterocycles. The highest BCUT2D eigenvalue weighted by molar-refractivity contribution is 5.89. The van der Waals surface area contributed by atoms with Crippen LogP contribution in [0, 0.1) is 17.2 Å². The summed E-state index contributed by atoms with van der Waals surface area (Å²) < 4.78 is 13.2. The zero-order valence-electron chi connectivity index (χ0n) is 14.3. The van der Waals surface area contributed by atoms with E-state index in [0.29, 0.717) is 19.6 Å². The Labute approximate surface area is 142 Å². The Morgan fingerprint density at radius 3 is 2.42 bits per heavy atom. The van der Waals surface area contributed by atoms with Crippen LogP contribution in [0.15, 0.2) is 24.3 Å². The van der Waals surface area contributed by atoms with Gasteiger partial charge in [-0.2, -0.15) is 0 Å². The minimum atomic E-state index is -0.471. The summed E-state index contributed by atoms with van der Waals surface area (Å²) in [4.78, 5) is 26.5. The summed E-state index contributed by atoms with van der Waals surface area (Å²) in [5, 5.41) is 3.34. The number of carbonyl (C=O) groups excluding carboxylic acids is 2. The third kappa shape index (κ3) is 3.09. The molecule has 0 bridgehead atoms. The van der Waals surface area contributed by atoms with Gasteiger partial charge in [-0.05, 0) is 30.5 Å². The van der Waals surface area contributed by atoms with Crippen molar-refractivity contribution in [3.63, 3.8) is 0 Å². The number of rotatable bonds is 3. The summed E-state index contributed by atoms with van der Waals surface area (Å²) >= 11 is 0. The highest BCUT2D eigenvalue weighted by atomic mass is 19.1. The summed E-state index contributed by atoms with van der Waals surface area (Å²) in [6.07, 6.45) is 1.48. The molecule has 2 heterocycles. The van der Waals surface area contributed by atoms with E-state index in [1.165, 1.54) is 12.1 Å². The first-order valence-electron chi connectivity index (χ1n) is 8.68. The number of halogens is 1. The molecule has 1 amide bonds. The molecule has 0 unspecified atom stereocenters. The SMILES string of the molecule is CC(=O)N1CCC(C(=O)[C@]2(C)CNC[C@@H]2c2ccc(F)cc2)CC1. The molecule has 1 aromatic rings. The van der Waals surface area contributed by atoms with E-state index in [9.17, 15) is 14.0 Å². The zero-order chi connectivity index (χ0) is 17.3. The molecule has 2 aliphatic rings. The van der Waals surface area contributed by atoms with E-state index in [-0.39, 0.29) is 29.3 Å². The number of nitrogens with one attached hydrogen (secondary N) is 1. The molecule has 0 aliphatic carbocycles. The van der Waals surface area contributed by atoms with Crippen molar-refractivity contribution < 1.29 is 14.0 Å². The van der Waals surface area contributed by atoms with Gasteiger partial charge >= 0.3 is 0 Å². The van der Waals surface area contributed by atoms with Gasteiger partial charge in [-0.1, -0.05) is 19.1 Å². The summed E-state index contributed by atoms with van der Waals surface area (Å²) in [6.45, 7) is 6.32. The third-order valence-corrected chi connectivity index (χ3v) is 5.76. The number of piperidine rings is 1. The maximum Gasteiger partial charge on any atom is 0.219 e. The van der Waals surface area contributed by atoms with Crippen LogP contribution in [0.4, 0.5) is 4.39 Å². The van der Waals surface area contributed by atoms with Gasteiger partial charge in [0, 0.05) is 50.4 Å². The van der Waals surface area contributed by atoms with Gasteiger partial charge in [0.2, 0.25) is 5.91 Å². The lowest BCUT2D eigenvalue weighted by Gasteiger charge is -2.37. The molecule has 0 spiro atoms. The average molecular weight is 332 g/mol. The number of hydrogen-bond acceptors (Lipinski definition) is 3. The number of carbonyl (C=O) groups is 2. The number of benzene rings is 1. The fourth-order valence-corrected chi connectivity index (χ4v) is 4.19. The number of nitrogens with zero attached hydrogens (tertiary/aromatic N) is 1. The maximum absolute atomic E-state index is 13.2. The van der Waals surface area contributed by atoms with Crippen LogP contribution in [0.3, 0.4) is 0 Å². The van der Waals surface area contributed by atoms with E-state index < -0.39 is 5.41 Å². The summed E-state index contributed by atoms with van der Waals surface area (Å²) in [6, 6.07) is 6.50. The summed E-state index contributed by atoms with van der Waals surface area (Å²) in [5.41, 5.74) is 0.541. The predicted octanol–water partition coefficient (Wildman–Crippen LogP) is 2.35. The van der Waals surface area contributed by atoms with Crippen LogP contribution in [-0.4, -0.2) is 42.8 Å². The second-order valence-electron chi connectivity index (χ2n) is 7.30.